The molecule has 1 saturated heterocycles. The van der Waals surface area contributed by atoms with E-state index in [1.54, 1.807) is 6.92 Å². The monoisotopic (exact) mass is 308 g/mol. The number of alkyl carbamates (subject to hydrolysis) is 1. The minimum absolute atomic E-state index is 0.134. The molecule has 7 nitrogen and oxygen atoms in total. The van der Waals surface area contributed by atoms with Gasteiger partial charge in [0.05, 0.1) is 18.2 Å². The van der Waals surface area contributed by atoms with Crippen LogP contribution in [0, 0.1) is 0 Å². The van der Waals surface area contributed by atoms with Crippen molar-refractivity contribution < 1.29 is 24.5 Å². The maximum absolute atomic E-state index is 11.8. The number of hydrogen-bond donors (Lipinski definition) is 3. The SMILES string of the molecule is CC(NC(=O)OCc1ccccc1)[C@@H]1[C@@H](O)CCN1C(=O)O. The molecular weight excluding hydrogens is 288 g/mol. The number of carbonyl (C=O) groups is 2. The van der Waals surface area contributed by atoms with Gasteiger partial charge < -0.3 is 25.2 Å². The highest BCUT2D eigenvalue weighted by molar-refractivity contribution is 5.69. The Balaban J connectivity index is 1.86. The Morgan fingerprint density at radius 2 is 2.09 bits per heavy atom. The molecule has 3 atom stereocenters. The molecule has 1 aliphatic heterocycles. The van der Waals surface area contributed by atoms with Crippen LogP contribution in [0.3, 0.4) is 0 Å². The summed E-state index contributed by atoms with van der Waals surface area (Å²) in [5, 5.41) is 21.6. The van der Waals surface area contributed by atoms with Crippen LogP contribution in [-0.2, 0) is 11.3 Å². The number of nitrogens with one attached hydrogen (secondary N) is 1. The predicted molar refractivity (Wildman–Crippen MR) is 78.4 cm³/mol. The van der Waals surface area contributed by atoms with Gasteiger partial charge in [-0.25, -0.2) is 9.59 Å². The summed E-state index contributed by atoms with van der Waals surface area (Å²) in [7, 11) is 0. The molecule has 22 heavy (non-hydrogen) atoms. The zero-order chi connectivity index (χ0) is 16.1. The van der Waals surface area contributed by atoms with Crippen molar-refractivity contribution in [3.05, 3.63) is 35.9 Å². The number of amides is 2. The molecule has 0 spiro atoms. The van der Waals surface area contributed by atoms with Crippen molar-refractivity contribution in [2.45, 2.75) is 38.1 Å². The van der Waals surface area contributed by atoms with Gasteiger partial charge in [-0.15, -0.1) is 0 Å². The summed E-state index contributed by atoms with van der Waals surface area (Å²) >= 11 is 0. The van der Waals surface area contributed by atoms with Gasteiger partial charge in [0.15, 0.2) is 0 Å². The second-order valence-corrected chi connectivity index (χ2v) is 5.32. The van der Waals surface area contributed by atoms with Crippen molar-refractivity contribution >= 4 is 12.2 Å². The van der Waals surface area contributed by atoms with Crippen LogP contribution in [0.5, 0.6) is 0 Å². The maximum Gasteiger partial charge on any atom is 0.407 e. The minimum Gasteiger partial charge on any atom is -0.465 e. The summed E-state index contributed by atoms with van der Waals surface area (Å²) in [6.45, 7) is 2.04. The van der Waals surface area contributed by atoms with Crippen LogP contribution >= 0.6 is 0 Å². The Bertz CT molecular complexity index is 522. The quantitative estimate of drug-likeness (QED) is 0.781. The van der Waals surface area contributed by atoms with Crippen molar-refractivity contribution in [3.63, 3.8) is 0 Å². The van der Waals surface area contributed by atoms with Crippen LogP contribution in [0.1, 0.15) is 18.9 Å². The van der Waals surface area contributed by atoms with Crippen molar-refractivity contribution in [2.24, 2.45) is 0 Å². The molecule has 0 radical (unpaired) electrons. The van der Waals surface area contributed by atoms with E-state index in [0.717, 1.165) is 10.5 Å². The third-order valence-electron chi connectivity index (χ3n) is 3.74. The zero-order valence-electron chi connectivity index (χ0n) is 12.3. The second-order valence-electron chi connectivity index (χ2n) is 5.32. The van der Waals surface area contributed by atoms with Crippen LogP contribution in [0.15, 0.2) is 30.3 Å². The highest BCUT2D eigenvalue weighted by Crippen LogP contribution is 2.21. The molecule has 0 aliphatic carbocycles. The standard InChI is InChI=1S/C15H20N2O5/c1-10(13-12(18)7-8-17(13)15(20)21)16-14(19)22-9-11-5-3-2-4-6-11/h2-6,10,12-13,18H,7-9H2,1H3,(H,16,19)(H,20,21)/t10?,12-,13+/m0/s1. The number of nitrogens with zero attached hydrogens (tertiary/aromatic N) is 1. The molecule has 0 aromatic heterocycles. The summed E-state index contributed by atoms with van der Waals surface area (Å²) < 4.78 is 5.09. The van der Waals surface area contributed by atoms with Crippen LogP contribution < -0.4 is 5.32 Å². The van der Waals surface area contributed by atoms with E-state index < -0.39 is 30.4 Å². The van der Waals surface area contributed by atoms with Crippen LogP contribution in [0.4, 0.5) is 9.59 Å². The van der Waals surface area contributed by atoms with E-state index in [4.69, 9.17) is 9.84 Å². The molecule has 1 unspecified atom stereocenters. The normalized spacial score (nSPS) is 22.2. The lowest BCUT2D eigenvalue weighted by molar-refractivity contribution is 0.0785. The van der Waals surface area contributed by atoms with Gasteiger partial charge in [-0.3, -0.25) is 0 Å². The first-order valence-corrected chi connectivity index (χ1v) is 7.14. The number of rotatable bonds is 4. The Morgan fingerprint density at radius 1 is 1.41 bits per heavy atom. The van der Waals surface area contributed by atoms with E-state index >= 15 is 0 Å². The van der Waals surface area contributed by atoms with Gasteiger partial charge in [0.1, 0.15) is 6.61 Å². The summed E-state index contributed by atoms with van der Waals surface area (Å²) in [4.78, 5) is 24.1. The van der Waals surface area contributed by atoms with Crippen LogP contribution in [-0.4, -0.2) is 52.0 Å². The molecule has 0 saturated carbocycles. The summed E-state index contributed by atoms with van der Waals surface area (Å²) in [6, 6.07) is 8.03. The smallest absolute Gasteiger partial charge is 0.407 e. The minimum atomic E-state index is -1.10. The van der Waals surface area contributed by atoms with Gasteiger partial charge in [-0.1, -0.05) is 30.3 Å². The van der Waals surface area contributed by atoms with Crippen LogP contribution in [0.25, 0.3) is 0 Å². The summed E-state index contributed by atoms with van der Waals surface area (Å²) in [5.74, 6) is 0. The Hall–Kier alpha value is -2.28. The van der Waals surface area contributed by atoms with Gasteiger partial charge in [0.25, 0.3) is 0 Å². The first kappa shape index (κ1) is 16.1. The molecule has 1 aliphatic rings. The Kier molecular flexibility index (Phi) is 5.21. The van der Waals surface area contributed by atoms with Crippen molar-refractivity contribution in [2.75, 3.05) is 6.54 Å². The number of carbonyl (C=O) groups excluding carboxylic acids is 1. The van der Waals surface area contributed by atoms with E-state index in [0.29, 0.717) is 6.42 Å². The number of benzene rings is 1. The van der Waals surface area contributed by atoms with Gasteiger partial charge in [0, 0.05) is 6.54 Å². The van der Waals surface area contributed by atoms with Crippen LogP contribution in [0.2, 0.25) is 0 Å². The maximum atomic E-state index is 11.8. The first-order chi connectivity index (χ1) is 10.5. The number of carboxylic acid groups (broad SMARTS) is 1. The lowest BCUT2D eigenvalue weighted by Crippen LogP contribution is -2.52. The second kappa shape index (κ2) is 7.13. The molecule has 1 heterocycles. The number of aliphatic hydroxyl groups excluding tert-OH is 1. The molecule has 0 bridgehead atoms. The topological polar surface area (TPSA) is 99.1 Å². The zero-order valence-corrected chi connectivity index (χ0v) is 12.3. The Morgan fingerprint density at radius 3 is 2.73 bits per heavy atom. The molecule has 1 aromatic rings. The predicted octanol–water partition coefficient (Wildman–Crippen LogP) is 1.41. The fourth-order valence-corrected chi connectivity index (χ4v) is 2.66. The van der Waals surface area contributed by atoms with Crippen molar-refractivity contribution in [1.29, 1.82) is 0 Å². The van der Waals surface area contributed by atoms with Gasteiger partial charge in [-0.2, -0.15) is 0 Å². The first-order valence-electron chi connectivity index (χ1n) is 7.14. The van der Waals surface area contributed by atoms with Gasteiger partial charge >= 0.3 is 12.2 Å². The lowest BCUT2D eigenvalue weighted by atomic mass is 10.1. The van der Waals surface area contributed by atoms with E-state index in [1.165, 1.54) is 0 Å². The number of ether oxygens (including phenoxy) is 1. The molecule has 1 fully saturated rings. The largest absolute Gasteiger partial charge is 0.465 e. The molecular formula is C15H20N2O5. The average Bonchev–Trinajstić information content (AvgIpc) is 2.88. The third-order valence-corrected chi connectivity index (χ3v) is 3.74. The number of hydrogen-bond acceptors (Lipinski definition) is 4. The molecule has 7 heteroatoms. The van der Waals surface area contributed by atoms with Gasteiger partial charge in [-0.05, 0) is 18.9 Å². The fourth-order valence-electron chi connectivity index (χ4n) is 2.66. The van der Waals surface area contributed by atoms with Crippen molar-refractivity contribution in [3.8, 4) is 0 Å². The van der Waals surface area contributed by atoms with E-state index in [-0.39, 0.29) is 13.2 Å². The molecule has 3 N–H and O–H groups in total. The lowest BCUT2D eigenvalue weighted by Gasteiger charge is -2.29. The van der Waals surface area contributed by atoms with Gasteiger partial charge in [0.2, 0.25) is 0 Å². The third kappa shape index (κ3) is 3.88. The van der Waals surface area contributed by atoms with E-state index in [2.05, 4.69) is 5.32 Å². The average molecular weight is 308 g/mol. The number of aliphatic hydroxyl groups is 1. The summed E-state index contributed by atoms with van der Waals surface area (Å²) in [5.41, 5.74) is 0.860. The fraction of sp³-hybridized carbons (Fsp3) is 0.467. The molecule has 2 amide bonds. The highest BCUT2D eigenvalue weighted by Gasteiger charge is 2.40. The van der Waals surface area contributed by atoms with E-state index in [9.17, 15) is 14.7 Å². The molecule has 1 aromatic carbocycles. The molecule has 2 rings (SSSR count). The molecule has 120 valence electrons. The Labute approximate surface area is 128 Å². The highest BCUT2D eigenvalue weighted by atomic mass is 16.5. The van der Waals surface area contributed by atoms with E-state index in [1.807, 2.05) is 30.3 Å². The summed E-state index contributed by atoms with van der Waals surface area (Å²) in [6.07, 6.45) is -2.17. The number of likely N-dealkylation sites (tertiary alicyclic amines) is 1. The van der Waals surface area contributed by atoms with Crippen molar-refractivity contribution in [1.82, 2.24) is 10.2 Å².